The minimum Gasteiger partial charge on any atom is -0.381 e. The molecule has 2 N–H and O–H groups in total. The number of fused-ring (bicyclic) bond motifs is 1. The van der Waals surface area contributed by atoms with Gasteiger partial charge in [-0.1, -0.05) is 6.07 Å². The minimum absolute atomic E-state index is 0.0263. The van der Waals surface area contributed by atoms with E-state index in [9.17, 15) is 4.79 Å². The second-order valence-electron chi connectivity index (χ2n) is 8.23. The zero-order chi connectivity index (χ0) is 21.5. The molecular weight excluding hydrogens is 390 g/mol. The van der Waals surface area contributed by atoms with Crippen molar-refractivity contribution in [2.45, 2.75) is 26.2 Å². The molecule has 4 aromatic rings. The summed E-state index contributed by atoms with van der Waals surface area (Å²) in [6.07, 6.45) is 2.83. The third kappa shape index (κ3) is 3.61. The summed E-state index contributed by atoms with van der Waals surface area (Å²) in [5.41, 5.74) is 6.30. The molecule has 1 aromatic carbocycles. The molecule has 31 heavy (non-hydrogen) atoms. The molecule has 1 aliphatic heterocycles. The van der Waals surface area contributed by atoms with Gasteiger partial charge in [0.2, 0.25) is 0 Å². The molecule has 7 nitrogen and oxygen atoms in total. The Kier molecular flexibility index (Phi) is 4.82. The summed E-state index contributed by atoms with van der Waals surface area (Å²) in [5, 5.41) is 11.8. The van der Waals surface area contributed by atoms with E-state index in [-0.39, 0.29) is 5.56 Å². The monoisotopic (exact) mass is 415 g/mol. The Morgan fingerprint density at radius 3 is 2.84 bits per heavy atom. The van der Waals surface area contributed by atoms with E-state index in [2.05, 4.69) is 20.5 Å². The van der Waals surface area contributed by atoms with E-state index in [1.807, 2.05) is 63.5 Å². The molecule has 7 heteroatoms. The Bertz CT molecular complexity index is 1330. The summed E-state index contributed by atoms with van der Waals surface area (Å²) < 4.78 is 7.17. The summed E-state index contributed by atoms with van der Waals surface area (Å²) in [6, 6.07) is 11.9. The van der Waals surface area contributed by atoms with Crippen molar-refractivity contribution in [3.63, 3.8) is 0 Å². The molecule has 1 unspecified atom stereocenters. The van der Waals surface area contributed by atoms with Gasteiger partial charge in [-0.15, -0.1) is 0 Å². The first-order valence-electron chi connectivity index (χ1n) is 10.5. The SMILES string of the molecule is Cc1cc2c(cn1)cc(-c1cc(Nc3cc(C4CCOC4)[nH]n3)ccc1C)c(=O)n2C. The van der Waals surface area contributed by atoms with Crippen molar-refractivity contribution in [3.8, 4) is 11.1 Å². The predicted octanol–water partition coefficient (Wildman–Crippen LogP) is 4.19. The normalized spacial score (nSPS) is 16.2. The summed E-state index contributed by atoms with van der Waals surface area (Å²) >= 11 is 0. The molecular formula is C24H25N5O2. The van der Waals surface area contributed by atoms with Gasteiger partial charge in [0.15, 0.2) is 5.82 Å². The fraction of sp³-hybridized carbons (Fsp3) is 0.292. The molecule has 0 aliphatic carbocycles. The number of H-pyrrole nitrogens is 1. The minimum atomic E-state index is -0.0263. The lowest BCUT2D eigenvalue weighted by atomic mass is 9.99. The first kappa shape index (κ1) is 19.5. The van der Waals surface area contributed by atoms with Crippen LogP contribution in [-0.4, -0.2) is 33.0 Å². The molecule has 1 aliphatic rings. The zero-order valence-electron chi connectivity index (χ0n) is 17.9. The molecule has 0 amide bonds. The lowest BCUT2D eigenvalue weighted by Gasteiger charge is -2.13. The number of hydrogen-bond acceptors (Lipinski definition) is 5. The Morgan fingerprint density at radius 1 is 1.16 bits per heavy atom. The number of nitrogens with zero attached hydrogens (tertiary/aromatic N) is 3. The van der Waals surface area contributed by atoms with Crippen molar-refractivity contribution in [1.29, 1.82) is 0 Å². The number of anilines is 2. The summed E-state index contributed by atoms with van der Waals surface area (Å²) in [7, 11) is 1.81. The van der Waals surface area contributed by atoms with Crippen LogP contribution in [0.15, 0.2) is 47.4 Å². The number of rotatable bonds is 4. The number of pyridine rings is 2. The predicted molar refractivity (Wildman–Crippen MR) is 122 cm³/mol. The van der Waals surface area contributed by atoms with E-state index in [0.717, 1.165) is 64.6 Å². The number of hydrogen-bond donors (Lipinski definition) is 2. The van der Waals surface area contributed by atoms with E-state index < -0.39 is 0 Å². The molecule has 0 radical (unpaired) electrons. The third-order valence-corrected chi connectivity index (χ3v) is 6.01. The van der Waals surface area contributed by atoms with E-state index in [0.29, 0.717) is 11.5 Å². The fourth-order valence-electron chi connectivity index (χ4n) is 4.19. The van der Waals surface area contributed by atoms with E-state index in [4.69, 9.17) is 4.74 Å². The van der Waals surface area contributed by atoms with Gasteiger partial charge in [-0.2, -0.15) is 5.10 Å². The van der Waals surface area contributed by atoms with Gasteiger partial charge in [-0.05, 0) is 55.7 Å². The van der Waals surface area contributed by atoms with Crippen molar-refractivity contribution in [2.24, 2.45) is 7.05 Å². The summed E-state index contributed by atoms with van der Waals surface area (Å²) in [6.45, 7) is 5.47. The molecule has 4 heterocycles. The van der Waals surface area contributed by atoms with Crippen LogP contribution in [0, 0.1) is 13.8 Å². The van der Waals surface area contributed by atoms with Crippen LogP contribution >= 0.6 is 0 Å². The van der Waals surface area contributed by atoms with Crippen LogP contribution in [0.4, 0.5) is 11.5 Å². The van der Waals surface area contributed by atoms with Gasteiger partial charge in [0.1, 0.15) is 0 Å². The van der Waals surface area contributed by atoms with Crippen molar-refractivity contribution >= 4 is 22.4 Å². The molecule has 1 atom stereocenters. The lowest BCUT2D eigenvalue weighted by molar-refractivity contribution is 0.193. The first-order valence-corrected chi connectivity index (χ1v) is 10.5. The molecule has 0 spiro atoms. The van der Waals surface area contributed by atoms with Crippen LogP contribution in [0.3, 0.4) is 0 Å². The maximum atomic E-state index is 13.2. The van der Waals surface area contributed by atoms with E-state index >= 15 is 0 Å². The number of nitrogens with one attached hydrogen (secondary N) is 2. The topological polar surface area (TPSA) is 84.8 Å². The molecule has 3 aromatic heterocycles. The van der Waals surface area contributed by atoms with Crippen molar-refractivity contribution in [1.82, 2.24) is 19.7 Å². The first-order chi connectivity index (χ1) is 15.0. The van der Waals surface area contributed by atoms with Gasteiger partial charge >= 0.3 is 0 Å². The Balaban J connectivity index is 1.51. The second-order valence-corrected chi connectivity index (χ2v) is 8.23. The number of ether oxygens (including phenoxy) is 1. The third-order valence-electron chi connectivity index (χ3n) is 6.01. The Hall–Kier alpha value is -3.45. The van der Waals surface area contributed by atoms with Crippen molar-refractivity contribution in [2.75, 3.05) is 18.5 Å². The smallest absolute Gasteiger partial charge is 0.258 e. The highest BCUT2D eigenvalue weighted by atomic mass is 16.5. The zero-order valence-corrected chi connectivity index (χ0v) is 17.9. The second kappa shape index (κ2) is 7.67. The Morgan fingerprint density at radius 2 is 2.03 bits per heavy atom. The van der Waals surface area contributed by atoms with Gasteiger partial charge < -0.3 is 14.6 Å². The van der Waals surface area contributed by atoms with E-state index in [1.165, 1.54) is 0 Å². The van der Waals surface area contributed by atoms with Gasteiger partial charge in [0.05, 0.1) is 12.1 Å². The van der Waals surface area contributed by atoms with Gasteiger partial charge in [0, 0.05) is 59.9 Å². The molecule has 1 fully saturated rings. The largest absolute Gasteiger partial charge is 0.381 e. The lowest BCUT2D eigenvalue weighted by Crippen LogP contribution is -2.19. The summed E-state index contributed by atoms with van der Waals surface area (Å²) in [5.74, 6) is 1.12. The maximum absolute atomic E-state index is 13.2. The number of aromatic nitrogens is 4. The van der Waals surface area contributed by atoms with Crippen molar-refractivity contribution in [3.05, 3.63) is 69.9 Å². The molecule has 1 saturated heterocycles. The number of aromatic amines is 1. The van der Waals surface area contributed by atoms with Crippen LogP contribution in [0.5, 0.6) is 0 Å². The highest BCUT2D eigenvalue weighted by Crippen LogP contribution is 2.29. The quantitative estimate of drug-likeness (QED) is 0.522. The standard InChI is InChI=1S/C24H25N5O2/c1-14-4-5-18(26-23-11-21(27-28-23)16-6-7-31-13-16)10-19(14)20-9-17-12-25-15(2)8-22(17)29(3)24(20)30/h4-5,8-12,16H,6-7,13H2,1-3H3,(H2,26,27,28). The highest BCUT2D eigenvalue weighted by molar-refractivity contribution is 5.85. The molecule has 0 bridgehead atoms. The van der Waals surface area contributed by atoms with Crippen LogP contribution in [0.25, 0.3) is 22.0 Å². The number of benzene rings is 1. The van der Waals surface area contributed by atoms with Gasteiger partial charge in [-0.3, -0.25) is 14.9 Å². The average Bonchev–Trinajstić information content (AvgIpc) is 3.45. The summed E-state index contributed by atoms with van der Waals surface area (Å²) in [4.78, 5) is 17.6. The van der Waals surface area contributed by atoms with Crippen LogP contribution in [0.1, 0.15) is 29.3 Å². The maximum Gasteiger partial charge on any atom is 0.258 e. The van der Waals surface area contributed by atoms with Crippen LogP contribution < -0.4 is 10.9 Å². The average molecular weight is 415 g/mol. The highest BCUT2D eigenvalue weighted by Gasteiger charge is 2.20. The van der Waals surface area contributed by atoms with E-state index in [1.54, 1.807) is 4.57 Å². The molecule has 158 valence electrons. The van der Waals surface area contributed by atoms with Crippen LogP contribution in [0.2, 0.25) is 0 Å². The van der Waals surface area contributed by atoms with Gasteiger partial charge in [0.25, 0.3) is 5.56 Å². The van der Waals surface area contributed by atoms with Gasteiger partial charge in [-0.25, -0.2) is 0 Å². The number of aryl methyl sites for hydroxylation is 3. The molecule has 5 rings (SSSR count). The molecule has 0 saturated carbocycles. The Labute approximate surface area is 180 Å². The van der Waals surface area contributed by atoms with Crippen LogP contribution in [-0.2, 0) is 11.8 Å². The fourth-order valence-corrected chi connectivity index (χ4v) is 4.19. The van der Waals surface area contributed by atoms with Crippen molar-refractivity contribution < 1.29 is 4.74 Å².